The minimum atomic E-state index is 0.205. The van der Waals surface area contributed by atoms with Gasteiger partial charge in [0.25, 0.3) is 0 Å². The predicted molar refractivity (Wildman–Crippen MR) is 108 cm³/mol. The summed E-state index contributed by atoms with van der Waals surface area (Å²) in [6.45, 7) is 4.16. The highest BCUT2D eigenvalue weighted by Gasteiger charge is 2.18. The molecule has 1 aromatic carbocycles. The summed E-state index contributed by atoms with van der Waals surface area (Å²) < 4.78 is 1.99. The summed E-state index contributed by atoms with van der Waals surface area (Å²) in [4.78, 5) is 19.7. The molecule has 3 aromatic heterocycles. The van der Waals surface area contributed by atoms with Gasteiger partial charge in [-0.2, -0.15) is 9.97 Å². The Balaban J connectivity index is 1.73. The van der Waals surface area contributed by atoms with Crippen LogP contribution >= 0.6 is 11.6 Å². The predicted octanol–water partition coefficient (Wildman–Crippen LogP) is 4.89. The van der Waals surface area contributed by atoms with Gasteiger partial charge in [0.1, 0.15) is 0 Å². The molecule has 4 rings (SSSR count). The largest absolute Gasteiger partial charge is 0.327 e. The number of benzene rings is 1. The summed E-state index contributed by atoms with van der Waals surface area (Å²) >= 11 is 6.20. The first-order valence-corrected chi connectivity index (χ1v) is 9.07. The first-order chi connectivity index (χ1) is 13.0. The first-order valence-electron chi connectivity index (χ1n) is 8.70. The van der Waals surface area contributed by atoms with Crippen molar-refractivity contribution in [3.63, 3.8) is 0 Å². The van der Waals surface area contributed by atoms with Gasteiger partial charge in [-0.15, -0.1) is 0 Å². The lowest BCUT2D eigenvalue weighted by atomic mass is 10.1. The molecule has 0 saturated heterocycles. The van der Waals surface area contributed by atoms with E-state index in [1.807, 2.05) is 59.0 Å². The average molecular weight is 379 g/mol. The highest BCUT2D eigenvalue weighted by Crippen LogP contribution is 2.31. The van der Waals surface area contributed by atoms with Crippen LogP contribution in [-0.2, 0) is 0 Å². The van der Waals surface area contributed by atoms with Gasteiger partial charge in [-0.1, -0.05) is 18.2 Å². The molecule has 0 radical (unpaired) electrons. The van der Waals surface area contributed by atoms with Crippen molar-refractivity contribution in [3.05, 3.63) is 60.3 Å². The van der Waals surface area contributed by atoms with E-state index >= 15 is 0 Å². The molecule has 27 heavy (non-hydrogen) atoms. The van der Waals surface area contributed by atoms with Crippen molar-refractivity contribution in [2.75, 3.05) is 11.9 Å². The van der Waals surface area contributed by atoms with Crippen LogP contribution < -0.4 is 4.90 Å². The number of hydrogen-bond acceptors (Lipinski definition) is 5. The summed E-state index contributed by atoms with van der Waals surface area (Å²) in [5.41, 5.74) is 4.43. The number of imidazole rings is 1. The van der Waals surface area contributed by atoms with Crippen LogP contribution in [0, 0.1) is 0 Å². The van der Waals surface area contributed by atoms with E-state index in [0.717, 1.165) is 28.1 Å². The molecule has 0 atom stereocenters. The van der Waals surface area contributed by atoms with E-state index in [9.17, 15) is 0 Å². The van der Waals surface area contributed by atoms with Gasteiger partial charge in [0.2, 0.25) is 5.28 Å². The molecule has 136 valence electrons. The zero-order valence-electron chi connectivity index (χ0n) is 15.3. The van der Waals surface area contributed by atoms with E-state index in [0.29, 0.717) is 5.82 Å². The van der Waals surface area contributed by atoms with Crippen molar-refractivity contribution in [2.24, 2.45) is 0 Å². The van der Waals surface area contributed by atoms with Crippen LogP contribution in [-0.4, -0.2) is 31.6 Å². The Morgan fingerprint density at radius 2 is 1.78 bits per heavy atom. The third-order valence-electron chi connectivity index (χ3n) is 4.47. The molecule has 0 amide bonds. The second-order valence-corrected chi connectivity index (χ2v) is 6.89. The summed E-state index contributed by atoms with van der Waals surface area (Å²) in [6.07, 6.45) is 3.57. The standard InChI is InChI=1S/C20H19ClN6/c1-13(2)27-12-23-17-18(24-20(21)25-19(17)27)26(3)15-9-7-14(8-10-15)16-6-4-5-11-22-16/h4-13H,1-3H3. The number of pyridine rings is 1. The fourth-order valence-electron chi connectivity index (χ4n) is 3.00. The second kappa shape index (κ2) is 6.96. The normalized spacial score (nSPS) is 11.3. The highest BCUT2D eigenvalue weighted by atomic mass is 35.5. The van der Waals surface area contributed by atoms with Gasteiger partial charge in [0, 0.05) is 30.5 Å². The summed E-state index contributed by atoms with van der Waals surface area (Å²) in [5.74, 6) is 0.676. The number of rotatable bonds is 4. The van der Waals surface area contributed by atoms with Crippen LogP contribution in [0.2, 0.25) is 5.28 Å². The topological polar surface area (TPSA) is 59.7 Å². The number of nitrogens with zero attached hydrogens (tertiary/aromatic N) is 6. The van der Waals surface area contributed by atoms with Crippen molar-refractivity contribution in [1.82, 2.24) is 24.5 Å². The molecule has 0 fully saturated rings. The van der Waals surface area contributed by atoms with Crippen LogP contribution in [0.3, 0.4) is 0 Å². The zero-order valence-corrected chi connectivity index (χ0v) is 16.1. The maximum absolute atomic E-state index is 6.20. The van der Waals surface area contributed by atoms with Crippen molar-refractivity contribution in [1.29, 1.82) is 0 Å². The minimum absolute atomic E-state index is 0.205. The number of halogens is 1. The lowest BCUT2D eigenvalue weighted by Gasteiger charge is -2.19. The zero-order chi connectivity index (χ0) is 19.0. The number of anilines is 2. The fourth-order valence-corrected chi connectivity index (χ4v) is 3.16. The van der Waals surface area contributed by atoms with Gasteiger partial charge >= 0.3 is 0 Å². The Labute approximate surface area is 162 Å². The fraction of sp³-hybridized carbons (Fsp3) is 0.200. The molecule has 7 heteroatoms. The van der Waals surface area contributed by atoms with E-state index in [1.54, 1.807) is 12.5 Å². The van der Waals surface area contributed by atoms with Gasteiger partial charge in [-0.05, 0) is 49.7 Å². The summed E-state index contributed by atoms with van der Waals surface area (Å²) in [6, 6.07) is 14.3. The average Bonchev–Trinajstić information content (AvgIpc) is 3.11. The SMILES string of the molecule is CC(C)n1cnc2c(N(C)c3ccc(-c4ccccn4)cc3)nc(Cl)nc21. The molecule has 0 N–H and O–H groups in total. The first kappa shape index (κ1) is 17.4. The van der Waals surface area contributed by atoms with Crippen molar-refractivity contribution >= 4 is 34.3 Å². The van der Waals surface area contributed by atoms with Crippen LogP contribution in [0.4, 0.5) is 11.5 Å². The quantitative estimate of drug-likeness (QED) is 0.473. The van der Waals surface area contributed by atoms with Crippen molar-refractivity contribution in [3.8, 4) is 11.3 Å². The van der Waals surface area contributed by atoms with E-state index in [-0.39, 0.29) is 11.3 Å². The van der Waals surface area contributed by atoms with Crippen molar-refractivity contribution < 1.29 is 0 Å². The van der Waals surface area contributed by atoms with Crippen LogP contribution in [0.25, 0.3) is 22.4 Å². The smallest absolute Gasteiger partial charge is 0.226 e. The maximum atomic E-state index is 6.20. The third kappa shape index (κ3) is 3.24. The highest BCUT2D eigenvalue weighted by molar-refractivity contribution is 6.28. The Morgan fingerprint density at radius 3 is 2.44 bits per heavy atom. The Kier molecular flexibility index (Phi) is 4.49. The van der Waals surface area contributed by atoms with Crippen LogP contribution in [0.1, 0.15) is 19.9 Å². The molecule has 0 bridgehead atoms. The molecule has 0 aliphatic carbocycles. The molecule has 3 heterocycles. The van der Waals surface area contributed by atoms with Crippen LogP contribution in [0.5, 0.6) is 0 Å². The summed E-state index contributed by atoms with van der Waals surface area (Å²) in [7, 11) is 1.95. The Morgan fingerprint density at radius 1 is 1.00 bits per heavy atom. The number of hydrogen-bond donors (Lipinski definition) is 0. The van der Waals surface area contributed by atoms with Gasteiger partial charge in [-0.3, -0.25) is 4.98 Å². The van der Waals surface area contributed by atoms with Gasteiger partial charge < -0.3 is 9.47 Å². The van der Waals surface area contributed by atoms with Crippen LogP contribution in [0.15, 0.2) is 55.0 Å². The molecule has 0 aliphatic rings. The Bertz CT molecular complexity index is 1070. The minimum Gasteiger partial charge on any atom is -0.327 e. The van der Waals surface area contributed by atoms with E-state index < -0.39 is 0 Å². The lowest BCUT2D eigenvalue weighted by molar-refractivity contribution is 0.612. The molecular formula is C20H19ClN6. The third-order valence-corrected chi connectivity index (χ3v) is 4.63. The molecule has 0 saturated carbocycles. The second-order valence-electron chi connectivity index (χ2n) is 6.55. The number of fused-ring (bicyclic) bond motifs is 1. The van der Waals surface area contributed by atoms with E-state index in [4.69, 9.17) is 11.6 Å². The molecule has 0 unspecified atom stereocenters. The molecule has 0 spiro atoms. The molecular weight excluding hydrogens is 360 g/mol. The summed E-state index contributed by atoms with van der Waals surface area (Å²) in [5, 5.41) is 0.205. The monoisotopic (exact) mass is 378 g/mol. The number of aromatic nitrogens is 5. The van der Waals surface area contributed by atoms with Gasteiger partial charge in [0.15, 0.2) is 17.0 Å². The Hall–Kier alpha value is -2.99. The molecule has 4 aromatic rings. The lowest BCUT2D eigenvalue weighted by Crippen LogP contribution is -2.13. The van der Waals surface area contributed by atoms with E-state index in [1.165, 1.54) is 0 Å². The van der Waals surface area contributed by atoms with Gasteiger partial charge in [-0.25, -0.2) is 4.98 Å². The van der Waals surface area contributed by atoms with Crippen molar-refractivity contribution in [2.45, 2.75) is 19.9 Å². The van der Waals surface area contributed by atoms with Gasteiger partial charge in [0.05, 0.1) is 12.0 Å². The maximum Gasteiger partial charge on any atom is 0.226 e. The molecule has 0 aliphatic heterocycles. The van der Waals surface area contributed by atoms with E-state index in [2.05, 4.69) is 33.8 Å². The molecule has 6 nitrogen and oxygen atoms in total.